The number of rotatable bonds is 2. The summed E-state index contributed by atoms with van der Waals surface area (Å²) in [5, 5.41) is 0.950. The molecule has 5 heteroatoms. The molecule has 5 aromatic rings. The number of fused-ring (bicyclic) bond motifs is 3. The molecule has 0 saturated heterocycles. The summed E-state index contributed by atoms with van der Waals surface area (Å²) in [7, 11) is 0. The van der Waals surface area contributed by atoms with Crippen molar-refractivity contribution in [3.05, 3.63) is 113 Å². The fraction of sp³-hybridized carbons (Fsp3) is 0. The fourth-order valence-corrected chi connectivity index (χ4v) is 3.32. The van der Waals surface area contributed by atoms with Crippen molar-refractivity contribution >= 4 is 22.2 Å². The molecular weight excluding hydrogens is 348 g/mol. The van der Waals surface area contributed by atoms with E-state index in [2.05, 4.69) is 4.99 Å². The van der Waals surface area contributed by atoms with E-state index in [1.807, 2.05) is 97.1 Å². The lowest BCUT2D eigenvalue weighted by Gasteiger charge is -2.07. The highest BCUT2D eigenvalue weighted by Crippen LogP contribution is 2.16. The van der Waals surface area contributed by atoms with Crippen molar-refractivity contribution in [1.82, 2.24) is 14.0 Å². The lowest BCUT2D eigenvalue weighted by atomic mass is 10.3. The van der Waals surface area contributed by atoms with Gasteiger partial charge in [0.2, 0.25) is 5.62 Å². The van der Waals surface area contributed by atoms with Gasteiger partial charge in [-0.25, -0.2) is 18.8 Å². The highest BCUT2D eigenvalue weighted by molar-refractivity contribution is 5.85. The van der Waals surface area contributed by atoms with Crippen LogP contribution in [-0.4, -0.2) is 14.0 Å². The number of nitrogens with zero attached hydrogens (tertiary/aromatic N) is 4. The molecule has 0 spiro atoms. The monoisotopic (exact) mass is 364 g/mol. The van der Waals surface area contributed by atoms with Crippen molar-refractivity contribution in [3.8, 4) is 5.69 Å². The summed E-state index contributed by atoms with van der Waals surface area (Å²) in [4.78, 5) is 22.9. The molecule has 0 unspecified atom stereocenters. The number of para-hydroxylation sites is 2. The zero-order chi connectivity index (χ0) is 18.9. The topological polar surface area (TPSA) is 51.7 Å². The molecule has 134 valence electrons. The molecule has 0 radical (unpaired) electrons. The molecule has 0 saturated carbocycles. The molecule has 0 aliphatic heterocycles. The number of benzene rings is 2. The average Bonchev–Trinajstić information content (AvgIpc) is 2.91. The molecule has 0 bridgehead atoms. The van der Waals surface area contributed by atoms with E-state index in [0.29, 0.717) is 11.3 Å². The smallest absolute Gasteiger partial charge is 0.247 e. The standard InChI is InChI=1S/C23H16N4O/c28-23-26(19-13-7-3-8-14-19)22(24-18-11-5-2-6-12-18)25-21-16-17-10-4-1-9-15-20(17)27(21)23/h1-16H. The van der Waals surface area contributed by atoms with Gasteiger partial charge in [-0.1, -0.05) is 60.7 Å². The highest BCUT2D eigenvalue weighted by Gasteiger charge is 2.12. The molecular formula is C23H16N4O. The molecule has 28 heavy (non-hydrogen) atoms. The maximum atomic E-state index is 13.5. The van der Waals surface area contributed by atoms with Gasteiger partial charge in [0.15, 0.2) is 0 Å². The van der Waals surface area contributed by atoms with Gasteiger partial charge in [0.1, 0.15) is 5.65 Å². The van der Waals surface area contributed by atoms with Gasteiger partial charge in [-0.3, -0.25) is 0 Å². The third-order valence-electron chi connectivity index (χ3n) is 4.60. The van der Waals surface area contributed by atoms with E-state index in [0.717, 1.165) is 22.3 Å². The van der Waals surface area contributed by atoms with E-state index in [1.165, 1.54) is 0 Å². The number of hydrogen-bond acceptors (Lipinski definition) is 3. The maximum Gasteiger partial charge on any atom is 0.341 e. The molecule has 0 N–H and O–H groups in total. The maximum absolute atomic E-state index is 13.5. The second kappa shape index (κ2) is 6.63. The summed E-state index contributed by atoms with van der Waals surface area (Å²) in [6, 6.07) is 30.6. The third-order valence-corrected chi connectivity index (χ3v) is 4.60. The van der Waals surface area contributed by atoms with Crippen LogP contribution in [0.5, 0.6) is 0 Å². The number of hydrogen-bond donors (Lipinski definition) is 0. The van der Waals surface area contributed by atoms with Crippen LogP contribution < -0.4 is 11.3 Å². The molecule has 0 aliphatic rings. The van der Waals surface area contributed by atoms with E-state index in [4.69, 9.17) is 4.98 Å². The molecule has 0 atom stereocenters. The van der Waals surface area contributed by atoms with Crippen molar-refractivity contribution in [2.45, 2.75) is 0 Å². The van der Waals surface area contributed by atoms with Gasteiger partial charge in [0.05, 0.1) is 16.9 Å². The zero-order valence-corrected chi connectivity index (χ0v) is 14.9. The molecule has 5 nitrogen and oxygen atoms in total. The van der Waals surface area contributed by atoms with Crippen molar-refractivity contribution in [1.29, 1.82) is 0 Å². The van der Waals surface area contributed by atoms with Gasteiger partial charge in [-0.2, -0.15) is 4.98 Å². The first-order valence-corrected chi connectivity index (χ1v) is 9.00. The quantitative estimate of drug-likeness (QED) is 0.477. The Hall–Kier alpha value is -3.99. The predicted octanol–water partition coefficient (Wildman–Crippen LogP) is 3.87. The van der Waals surface area contributed by atoms with Gasteiger partial charge < -0.3 is 0 Å². The predicted molar refractivity (Wildman–Crippen MR) is 110 cm³/mol. The largest absolute Gasteiger partial charge is 0.341 e. The normalized spacial score (nSPS) is 11.9. The Balaban J connectivity index is 1.96. The first-order chi connectivity index (χ1) is 13.8. The van der Waals surface area contributed by atoms with Gasteiger partial charge in [-0.15, -0.1) is 0 Å². The minimum atomic E-state index is -0.202. The SMILES string of the molecule is O=c1n(-c2ccccc2)c(=Nc2ccccc2)nc2cc3cccccc3n12. The van der Waals surface area contributed by atoms with Crippen LogP contribution in [0.2, 0.25) is 0 Å². The molecule has 0 fully saturated rings. The molecule has 0 amide bonds. The summed E-state index contributed by atoms with van der Waals surface area (Å²) in [5.41, 5.74) is 3.00. The molecule has 5 rings (SSSR count). The van der Waals surface area contributed by atoms with Crippen LogP contribution in [0, 0.1) is 0 Å². The van der Waals surface area contributed by atoms with Crippen molar-refractivity contribution in [2.75, 3.05) is 0 Å². The van der Waals surface area contributed by atoms with Crippen molar-refractivity contribution in [2.24, 2.45) is 4.99 Å². The van der Waals surface area contributed by atoms with Gasteiger partial charge in [-0.05, 0) is 36.4 Å². The van der Waals surface area contributed by atoms with Gasteiger partial charge in [0, 0.05) is 5.39 Å². The van der Waals surface area contributed by atoms with Crippen LogP contribution in [0.15, 0.2) is 107 Å². The van der Waals surface area contributed by atoms with E-state index in [-0.39, 0.29) is 5.69 Å². The average molecular weight is 364 g/mol. The Kier molecular flexibility index (Phi) is 3.84. The van der Waals surface area contributed by atoms with Gasteiger partial charge >= 0.3 is 5.69 Å². The van der Waals surface area contributed by atoms with E-state index >= 15 is 0 Å². The first kappa shape index (κ1) is 16.2. The lowest BCUT2D eigenvalue weighted by molar-refractivity contribution is 0.787. The van der Waals surface area contributed by atoms with Crippen molar-refractivity contribution < 1.29 is 0 Å². The summed E-state index contributed by atoms with van der Waals surface area (Å²) in [5.74, 6) is 0. The van der Waals surface area contributed by atoms with Crippen LogP contribution in [0.25, 0.3) is 22.2 Å². The zero-order valence-electron chi connectivity index (χ0n) is 14.9. The van der Waals surface area contributed by atoms with Crippen molar-refractivity contribution in [3.63, 3.8) is 0 Å². The second-order valence-corrected chi connectivity index (χ2v) is 6.40. The second-order valence-electron chi connectivity index (χ2n) is 6.40. The third kappa shape index (κ3) is 2.70. The minimum absolute atomic E-state index is 0.202. The summed E-state index contributed by atoms with van der Waals surface area (Å²) < 4.78 is 3.18. The number of aromatic nitrogens is 3. The van der Waals surface area contributed by atoms with Crippen LogP contribution >= 0.6 is 0 Å². The minimum Gasteiger partial charge on any atom is -0.247 e. The molecule has 2 aromatic heterocycles. The van der Waals surface area contributed by atoms with E-state index in [1.54, 1.807) is 8.97 Å². The Morgan fingerprint density at radius 1 is 0.750 bits per heavy atom. The van der Waals surface area contributed by atoms with Crippen LogP contribution in [0.3, 0.4) is 0 Å². The Morgan fingerprint density at radius 2 is 1.39 bits per heavy atom. The summed E-state index contributed by atoms with van der Waals surface area (Å²) in [6.45, 7) is 0. The Morgan fingerprint density at radius 3 is 2.14 bits per heavy atom. The Bertz CT molecular complexity index is 1420. The molecule has 0 aliphatic carbocycles. The molecule has 3 aromatic carbocycles. The summed E-state index contributed by atoms with van der Waals surface area (Å²) in [6.07, 6.45) is 0. The van der Waals surface area contributed by atoms with E-state index in [9.17, 15) is 4.79 Å². The lowest BCUT2D eigenvalue weighted by Crippen LogP contribution is -2.38. The van der Waals surface area contributed by atoms with Crippen LogP contribution in [0.4, 0.5) is 5.69 Å². The Labute approximate surface area is 160 Å². The first-order valence-electron chi connectivity index (χ1n) is 9.00. The van der Waals surface area contributed by atoms with Crippen LogP contribution in [-0.2, 0) is 0 Å². The van der Waals surface area contributed by atoms with Gasteiger partial charge in [0.25, 0.3) is 0 Å². The van der Waals surface area contributed by atoms with E-state index < -0.39 is 0 Å². The summed E-state index contributed by atoms with van der Waals surface area (Å²) >= 11 is 0. The molecule has 2 heterocycles. The fourth-order valence-electron chi connectivity index (χ4n) is 3.32. The van der Waals surface area contributed by atoms with Crippen LogP contribution in [0.1, 0.15) is 0 Å². The highest BCUT2D eigenvalue weighted by atomic mass is 16.1.